The first-order valence-electron chi connectivity index (χ1n) is 6.62. The molecule has 0 saturated carbocycles. The van der Waals surface area contributed by atoms with Crippen molar-refractivity contribution in [3.8, 4) is 11.4 Å². The van der Waals surface area contributed by atoms with E-state index >= 15 is 0 Å². The van der Waals surface area contributed by atoms with Crippen molar-refractivity contribution in [2.24, 2.45) is 5.73 Å². The topological polar surface area (TPSA) is 64.9 Å². The van der Waals surface area contributed by atoms with Gasteiger partial charge in [-0.15, -0.1) is 0 Å². The van der Waals surface area contributed by atoms with Crippen LogP contribution in [-0.2, 0) is 6.42 Å². The van der Waals surface area contributed by atoms with Crippen molar-refractivity contribution < 1.29 is 8.91 Å². The smallest absolute Gasteiger partial charge is 0.244 e. The van der Waals surface area contributed by atoms with Gasteiger partial charge in [-0.05, 0) is 24.1 Å². The van der Waals surface area contributed by atoms with E-state index in [9.17, 15) is 4.39 Å². The molecule has 0 bridgehead atoms. The largest absolute Gasteiger partial charge is 0.337 e. The molecule has 0 fully saturated rings. The van der Waals surface area contributed by atoms with E-state index in [4.69, 9.17) is 10.3 Å². The Labute approximate surface area is 121 Å². The first-order valence-corrected chi connectivity index (χ1v) is 6.62. The maximum atomic E-state index is 13.7. The molecule has 0 aliphatic heterocycles. The fourth-order valence-corrected chi connectivity index (χ4v) is 2.09. The van der Waals surface area contributed by atoms with Crippen molar-refractivity contribution in [3.63, 3.8) is 0 Å². The highest BCUT2D eigenvalue weighted by Crippen LogP contribution is 2.22. The molecule has 0 saturated heterocycles. The number of aromatic nitrogens is 2. The first kappa shape index (κ1) is 13.5. The summed E-state index contributed by atoms with van der Waals surface area (Å²) in [4.78, 5) is 4.19. The molecule has 1 heterocycles. The van der Waals surface area contributed by atoms with Crippen LogP contribution in [-0.4, -0.2) is 10.1 Å². The van der Waals surface area contributed by atoms with Gasteiger partial charge in [-0.2, -0.15) is 4.98 Å². The summed E-state index contributed by atoms with van der Waals surface area (Å²) in [5.74, 6) is 0.130. The van der Waals surface area contributed by atoms with E-state index in [1.54, 1.807) is 18.2 Å². The molecule has 3 aromatic rings. The number of halogens is 1. The van der Waals surface area contributed by atoms with Gasteiger partial charge < -0.3 is 10.3 Å². The van der Waals surface area contributed by atoms with Crippen molar-refractivity contribution in [1.82, 2.24) is 10.1 Å². The molecule has 2 N–H and O–H groups in total. The van der Waals surface area contributed by atoms with Gasteiger partial charge in [0.05, 0.1) is 11.6 Å². The zero-order chi connectivity index (χ0) is 14.7. The van der Waals surface area contributed by atoms with Gasteiger partial charge in [0, 0.05) is 0 Å². The molecule has 1 aromatic heterocycles. The highest BCUT2D eigenvalue weighted by atomic mass is 19.1. The fraction of sp³-hybridized carbons (Fsp3) is 0.125. The van der Waals surface area contributed by atoms with Gasteiger partial charge in [-0.3, -0.25) is 0 Å². The average Bonchev–Trinajstić information content (AvgIpc) is 2.98. The minimum atomic E-state index is -0.416. The lowest BCUT2D eigenvalue weighted by Gasteiger charge is -2.05. The summed E-state index contributed by atoms with van der Waals surface area (Å²) in [5, 5.41) is 3.80. The van der Waals surface area contributed by atoms with Crippen LogP contribution in [0.25, 0.3) is 11.4 Å². The van der Waals surface area contributed by atoms with E-state index in [0.29, 0.717) is 17.9 Å². The highest BCUT2D eigenvalue weighted by Gasteiger charge is 2.17. The van der Waals surface area contributed by atoms with E-state index < -0.39 is 6.04 Å². The Morgan fingerprint density at radius 3 is 2.52 bits per heavy atom. The Balaban J connectivity index is 1.80. The lowest BCUT2D eigenvalue weighted by atomic mass is 10.1. The summed E-state index contributed by atoms with van der Waals surface area (Å²) in [6.45, 7) is 0. The van der Waals surface area contributed by atoms with Crippen molar-refractivity contribution in [3.05, 3.63) is 71.9 Å². The summed E-state index contributed by atoms with van der Waals surface area (Å²) in [6, 6.07) is 15.7. The average molecular weight is 283 g/mol. The van der Waals surface area contributed by atoms with Gasteiger partial charge in [-0.25, -0.2) is 4.39 Å². The van der Waals surface area contributed by atoms with Crippen LogP contribution in [0.15, 0.2) is 59.1 Å². The molecule has 1 atom stereocenters. The van der Waals surface area contributed by atoms with E-state index in [1.807, 2.05) is 30.3 Å². The molecule has 0 radical (unpaired) electrons. The SMILES string of the molecule is N[C@H](Cc1ccccc1)c1nc(-c2ccccc2F)no1. The van der Waals surface area contributed by atoms with Crippen molar-refractivity contribution in [2.45, 2.75) is 12.5 Å². The number of hydrogen-bond acceptors (Lipinski definition) is 4. The third-order valence-electron chi connectivity index (χ3n) is 3.17. The van der Waals surface area contributed by atoms with Gasteiger partial charge in [0.25, 0.3) is 0 Å². The number of nitrogens with two attached hydrogens (primary N) is 1. The Morgan fingerprint density at radius 2 is 1.76 bits per heavy atom. The van der Waals surface area contributed by atoms with Gasteiger partial charge in [0.1, 0.15) is 5.82 Å². The lowest BCUT2D eigenvalue weighted by Crippen LogP contribution is -2.13. The first-order chi connectivity index (χ1) is 10.2. The van der Waals surface area contributed by atoms with Crippen LogP contribution in [0.4, 0.5) is 4.39 Å². The Bertz CT molecular complexity index is 727. The second-order valence-corrected chi connectivity index (χ2v) is 4.73. The molecule has 0 unspecified atom stereocenters. The van der Waals surface area contributed by atoms with Crippen LogP contribution in [0.2, 0.25) is 0 Å². The molecule has 5 heteroatoms. The molecule has 4 nitrogen and oxygen atoms in total. The van der Waals surface area contributed by atoms with Crippen molar-refractivity contribution >= 4 is 0 Å². The summed E-state index contributed by atoms with van der Waals surface area (Å²) in [5.41, 5.74) is 7.45. The minimum absolute atomic E-state index is 0.214. The Kier molecular flexibility index (Phi) is 3.75. The van der Waals surface area contributed by atoms with Gasteiger partial charge in [0.2, 0.25) is 11.7 Å². The molecule has 2 aromatic carbocycles. The molecular weight excluding hydrogens is 269 g/mol. The number of nitrogens with zero attached hydrogens (tertiary/aromatic N) is 2. The number of rotatable bonds is 4. The lowest BCUT2D eigenvalue weighted by molar-refractivity contribution is 0.354. The van der Waals surface area contributed by atoms with Gasteiger partial charge in [-0.1, -0.05) is 47.6 Å². The molecule has 3 rings (SSSR count). The van der Waals surface area contributed by atoms with E-state index in [1.165, 1.54) is 6.07 Å². The predicted octanol–water partition coefficient (Wildman–Crippen LogP) is 3.12. The number of benzene rings is 2. The van der Waals surface area contributed by atoms with Crippen LogP contribution in [0.5, 0.6) is 0 Å². The van der Waals surface area contributed by atoms with E-state index in [2.05, 4.69) is 10.1 Å². The highest BCUT2D eigenvalue weighted by molar-refractivity contribution is 5.54. The molecule has 0 aliphatic rings. The third-order valence-corrected chi connectivity index (χ3v) is 3.17. The Hall–Kier alpha value is -2.53. The normalized spacial score (nSPS) is 12.3. The molecule has 21 heavy (non-hydrogen) atoms. The van der Waals surface area contributed by atoms with Gasteiger partial charge in [0.15, 0.2) is 0 Å². The van der Waals surface area contributed by atoms with Crippen LogP contribution >= 0.6 is 0 Å². The van der Waals surface area contributed by atoms with E-state index in [-0.39, 0.29) is 11.6 Å². The second-order valence-electron chi connectivity index (χ2n) is 4.73. The maximum Gasteiger partial charge on any atom is 0.244 e. The second kappa shape index (κ2) is 5.85. The molecule has 0 spiro atoms. The predicted molar refractivity (Wildman–Crippen MR) is 76.8 cm³/mol. The van der Waals surface area contributed by atoms with Crippen molar-refractivity contribution in [2.75, 3.05) is 0 Å². The quantitative estimate of drug-likeness (QED) is 0.799. The summed E-state index contributed by atoms with van der Waals surface area (Å²) < 4.78 is 18.8. The van der Waals surface area contributed by atoms with Crippen molar-refractivity contribution in [1.29, 1.82) is 0 Å². The summed E-state index contributed by atoms with van der Waals surface area (Å²) >= 11 is 0. The molecule has 0 aliphatic carbocycles. The summed E-state index contributed by atoms with van der Waals surface area (Å²) in [7, 11) is 0. The van der Waals surface area contributed by atoms with Crippen LogP contribution in [0.1, 0.15) is 17.5 Å². The zero-order valence-electron chi connectivity index (χ0n) is 11.2. The fourth-order valence-electron chi connectivity index (χ4n) is 2.09. The van der Waals surface area contributed by atoms with Crippen LogP contribution in [0, 0.1) is 5.82 Å². The molecule has 0 amide bonds. The van der Waals surface area contributed by atoms with Crippen LogP contribution < -0.4 is 5.73 Å². The van der Waals surface area contributed by atoms with E-state index in [0.717, 1.165) is 5.56 Å². The maximum absolute atomic E-state index is 13.7. The van der Waals surface area contributed by atoms with Crippen LogP contribution in [0.3, 0.4) is 0 Å². The summed E-state index contributed by atoms with van der Waals surface area (Å²) in [6.07, 6.45) is 0.583. The number of hydrogen-bond donors (Lipinski definition) is 1. The molecule has 106 valence electrons. The third kappa shape index (κ3) is 2.98. The monoisotopic (exact) mass is 283 g/mol. The standard InChI is InChI=1S/C16H14FN3O/c17-13-9-5-4-8-12(13)15-19-16(21-20-15)14(18)10-11-6-2-1-3-7-11/h1-9,14H,10,18H2/t14-/m1/s1. The molecular formula is C16H14FN3O. The zero-order valence-corrected chi connectivity index (χ0v) is 11.2. The Morgan fingerprint density at radius 1 is 1.05 bits per heavy atom. The minimum Gasteiger partial charge on any atom is -0.337 e. The van der Waals surface area contributed by atoms with Gasteiger partial charge >= 0.3 is 0 Å².